The third-order valence-corrected chi connectivity index (χ3v) is 6.77. The topological polar surface area (TPSA) is 54.9 Å². The summed E-state index contributed by atoms with van der Waals surface area (Å²) < 4.78 is 11.8. The van der Waals surface area contributed by atoms with E-state index >= 15 is 0 Å². The lowest BCUT2D eigenvalue weighted by atomic mass is 10.1. The van der Waals surface area contributed by atoms with Crippen molar-refractivity contribution in [2.24, 2.45) is 0 Å². The van der Waals surface area contributed by atoms with Gasteiger partial charge in [0.2, 0.25) is 0 Å². The van der Waals surface area contributed by atoms with E-state index in [4.69, 9.17) is 32.7 Å². The fourth-order valence-electron chi connectivity index (χ4n) is 3.57. The maximum absolute atomic E-state index is 13.6. The van der Waals surface area contributed by atoms with Crippen molar-refractivity contribution in [1.82, 2.24) is 9.88 Å². The van der Waals surface area contributed by atoms with E-state index in [1.165, 1.54) is 11.3 Å². The minimum atomic E-state index is -0.198. The van der Waals surface area contributed by atoms with E-state index < -0.39 is 0 Å². The lowest BCUT2D eigenvalue weighted by Crippen LogP contribution is -2.39. The van der Waals surface area contributed by atoms with Gasteiger partial charge in [-0.2, -0.15) is 0 Å². The van der Waals surface area contributed by atoms with E-state index in [9.17, 15) is 4.79 Å². The zero-order valence-corrected chi connectivity index (χ0v) is 19.5. The van der Waals surface area contributed by atoms with E-state index in [0.29, 0.717) is 38.6 Å². The van der Waals surface area contributed by atoms with Gasteiger partial charge < -0.3 is 9.47 Å². The van der Waals surface area contributed by atoms with Crippen LogP contribution in [-0.4, -0.2) is 62.3 Å². The van der Waals surface area contributed by atoms with Crippen LogP contribution in [0.1, 0.15) is 16.8 Å². The van der Waals surface area contributed by atoms with Crippen LogP contribution in [-0.2, 0) is 4.74 Å². The Morgan fingerprint density at radius 3 is 2.81 bits per heavy atom. The molecule has 0 saturated carbocycles. The van der Waals surface area contributed by atoms with Crippen LogP contribution >= 0.6 is 34.5 Å². The van der Waals surface area contributed by atoms with Gasteiger partial charge in [-0.05, 0) is 36.8 Å². The number of thiazole rings is 1. The molecule has 0 bridgehead atoms. The van der Waals surface area contributed by atoms with Gasteiger partial charge in [0.1, 0.15) is 11.3 Å². The lowest BCUT2D eigenvalue weighted by molar-refractivity contribution is 0.0376. The van der Waals surface area contributed by atoms with Crippen molar-refractivity contribution >= 4 is 55.8 Å². The second-order valence-corrected chi connectivity index (χ2v) is 9.04. The summed E-state index contributed by atoms with van der Waals surface area (Å²) in [5.41, 5.74) is 1.11. The third-order valence-electron chi connectivity index (χ3n) is 5.19. The molecule has 1 fully saturated rings. The zero-order chi connectivity index (χ0) is 21.8. The predicted octanol–water partition coefficient (Wildman–Crippen LogP) is 4.98. The SMILES string of the molecule is COc1ccc(Cl)cc1C(=O)N(CCCN1CCOCC1)c1nc2c(Cl)cccc2s1. The largest absolute Gasteiger partial charge is 0.496 e. The molecule has 2 heterocycles. The van der Waals surface area contributed by atoms with Gasteiger partial charge in [-0.25, -0.2) is 4.98 Å². The van der Waals surface area contributed by atoms with Crippen LogP contribution in [0.4, 0.5) is 5.13 Å². The highest BCUT2D eigenvalue weighted by atomic mass is 35.5. The fraction of sp³-hybridized carbons (Fsp3) is 0.364. The first kappa shape index (κ1) is 22.3. The van der Waals surface area contributed by atoms with E-state index in [0.717, 1.165) is 44.0 Å². The molecule has 1 aromatic heterocycles. The number of carbonyl (C=O) groups excluding carboxylic acids is 1. The highest BCUT2D eigenvalue weighted by molar-refractivity contribution is 7.22. The molecule has 1 aliphatic heterocycles. The monoisotopic (exact) mass is 479 g/mol. The van der Waals surface area contributed by atoms with E-state index in [2.05, 4.69) is 9.88 Å². The van der Waals surface area contributed by atoms with Gasteiger partial charge in [0.25, 0.3) is 5.91 Å². The molecular weight excluding hydrogens is 457 g/mol. The number of hydrogen-bond acceptors (Lipinski definition) is 6. The molecule has 0 spiro atoms. The van der Waals surface area contributed by atoms with Crippen molar-refractivity contribution in [3.8, 4) is 5.75 Å². The fourth-order valence-corrected chi connectivity index (χ4v) is 5.03. The molecule has 0 unspecified atom stereocenters. The predicted molar refractivity (Wildman–Crippen MR) is 126 cm³/mol. The Morgan fingerprint density at radius 1 is 1.26 bits per heavy atom. The Kier molecular flexibility index (Phi) is 7.30. The Labute approximate surface area is 195 Å². The van der Waals surface area contributed by atoms with Gasteiger partial charge in [-0.15, -0.1) is 0 Å². The Balaban J connectivity index is 1.63. The molecule has 1 aliphatic rings. The summed E-state index contributed by atoms with van der Waals surface area (Å²) in [6.07, 6.45) is 0.804. The van der Waals surface area contributed by atoms with Crippen molar-refractivity contribution in [1.29, 1.82) is 0 Å². The average Bonchev–Trinajstić information content (AvgIpc) is 3.22. The minimum Gasteiger partial charge on any atom is -0.496 e. The smallest absolute Gasteiger partial charge is 0.263 e. The first-order valence-electron chi connectivity index (χ1n) is 10.1. The summed E-state index contributed by atoms with van der Waals surface area (Å²) in [5, 5.41) is 1.66. The lowest BCUT2D eigenvalue weighted by Gasteiger charge is -2.28. The van der Waals surface area contributed by atoms with Gasteiger partial charge in [0, 0.05) is 31.2 Å². The Morgan fingerprint density at radius 2 is 2.06 bits per heavy atom. The number of aromatic nitrogens is 1. The number of nitrogens with zero attached hydrogens (tertiary/aromatic N) is 3. The quantitative estimate of drug-likeness (QED) is 0.478. The number of amides is 1. The molecule has 4 rings (SSSR count). The first-order valence-corrected chi connectivity index (χ1v) is 11.6. The number of hydrogen-bond donors (Lipinski definition) is 0. The van der Waals surface area contributed by atoms with Gasteiger partial charge in [0.15, 0.2) is 5.13 Å². The standard InChI is InChI=1S/C22H23Cl2N3O3S/c1-29-18-7-6-15(23)14-16(18)21(28)27(9-3-8-26-10-12-30-13-11-26)22-25-20-17(24)4-2-5-19(20)31-22/h2,4-7,14H,3,8-13H2,1H3. The van der Waals surface area contributed by atoms with Crippen LogP contribution in [0.5, 0.6) is 5.75 Å². The minimum absolute atomic E-state index is 0.198. The molecule has 3 aromatic rings. The molecule has 0 atom stereocenters. The number of para-hydroxylation sites is 1. The van der Waals surface area contributed by atoms with Gasteiger partial charge in [-0.3, -0.25) is 14.6 Å². The molecule has 0 aliphatic carbocycles. The second-order valence-electron chi connectivity index (χ2n) is 7.19. The molecule has 1 saturated heterocycles. The summed E-state index contributed by atoms with van der Waals surface area (Å²) in [5.74, 6) is 0.281. The summed E-state index contributed by atoms with van der Waals surface area (Å²) in [4.78, 5) is 22.3. The van der Waals surface area contributed by atoms with Gasteiger partial charge >= 0.3 is 0 Å². The summed E-state index contributed by atoms with van der Waals surface area (Å²) in [7, 11) is 1.54. The number of fused-ring (bicyclic) bond motifs is 1. The summed E-state index contributed by atoms with van der Waals surface area (Å²) in [6, 6.07) is 10.7. The van der Waals surface area contributed by atoms with Crippen LogP contribution < -0.4 is 9.64 Å². The number of morpholine rings is 1. The number of carbonyl (C=O) groups is 1. The van der Waals surface area contributed by atoms with Crippen LogP contribution in [0.3, 0.4) is 0 Å². The van der Waals surface area contributed by atoms with Crippen molar-refractivity contribution in [3.05, 3.63) is 52.0 Å². The van der Waals surface area contributed by atoms with Crippen molar-refractivity contribution in [2.45, 2.75) is 6.42 Å². The normalized spacial score (nSPS) is 14.7. The number of benzene rings is 2. The number of methoxy groups -OCH3 is 1. The van der Waals surface area contributed by atoms with Crippen LogP contribution in [0, 0.1) is 0 Å². The maximum Gasteiger partial charge on any atom is 0.263 e. The number of halogens is 2. The number of rotatable bonds is 7. The second kappa shape index (κ2) is 10.1. The van der Waals surface area contributed by atoms with E-state index in [1.807, 2.05) is 12.1 Å². The number of anilines is 1. The molecule has 0 radical (unpaired) electrons. The Hall–Kier alpha value is -1.90. The van der Waals surface area contributed by atoms with Gasteiger partial charge in [0.05, 0.1) is 35.6 Å². The highest BCUT2D eigenvalue weighted by Crippen LogP contribution is 2.34. The van der Waals surface area contributed by atoms with Crippen molar-refractivity contribution in [2.75, 3.05) is 51.4 Å². The van der Waals surface area contributed by atoms with Gasteiger partial charge in [-0.1, -0.05) is 40.6 Å². The molecule has 1 amide bonds. The van der Waals surface area contributed by atoms with Crippen LogP contribution in [0.25, 0.3) is 10.2 Å². The molecule has 6 nitrogen and oxygen atoms in total. The highest BCUT2D eigenvalue weighted by Gasteiger charge is 2.25. The number of ether oxygens (including phenoxy) is 2. The first-order chi connectivity index (χ1) is 15.1. The molecule has 9 heteroatoms. The molecule has 0 N–H and O–H groups in total. The van der Waals surface area contributed by atoms with E-state index in [-0.39, 0.29) is 5.91 Å². The third kappa shape index (κ3) is 5.13. The van der Waals surface area contributed by atoms with Crippen molar-refractivity contribution < 1.29 is 14.3 Å². The Bertz CT molecular complexity index is 1070. The maximum atomic E-state index is 13.6. The molecule has 2 aromatic carbocycles. The summed E-state index contributed by atoms with van der Waals surface area (Å²) in [6.45, 7) is 4.71. The molecule has 164 valence electrons. The van der Waals surface area contributed by atoms with Crippen LogP contribution in [0.15, 0.2) is 36.4 Å². The summed E-state index contributed by atoms with van der Waals surface area (Å²) >= 11 is 14.0. The molecular formula is C22H23Cl2N3O3S. The van der Waals surface area contributed by atoms with Crippen LogP contribution in [0.2, 0.25) is 10.0 Å². The van der Waals surface area contributed by atoms with E-state index in [1.54, 1.807) is 36.3 Å². The average molecular weight is 480 g/mol. The molecule has 31 heavy (non-hydrogen) atoms. The zero-order valence-electron chi connectivity index (χ0n) is 17.1. The van der Waals surface area contributed by atoms with Crippen molar-refractivity contribution in [3.63, 3.8) is 0 Å².